The standard InChI is InChI=1S/C13H18F2N2O/c1-3-12(17-13(18)8(2)7-16)10-6-9(14)4-5-11(10)15/h4-6,8,12H,3,7,16H2,1-2H3,(H,17,18). The Balaban J connectivity index is 2.89. The Morgan fingerprint density at radius 1 is 1.44 bits per heavy atom. The number of nitrogens with one attached hydrogen (secondary N) is 1. The molecule has 100 valence electrons. The maximum absolute atomic E-state index is 13.6. The van der Waals surface area contributed by atoms with Crippen LogP contribution >= 0.6 is 0 Å². The quantitative estimate of drug-likeness (QED) is 0.848. The van der Waals surface area contributed by atoms with Crippen molar-refractivity contribution in [1.29, 1.82) is 0 Å². The Hall–Kier alpha value is -1.49. The zero-order chi connectivity index (χ0) is 13.7. The second-order valence-corrected chi connectivity index (χ2v) is 4.27. The van der Waals surface area contributed by atoms with Crippen LogP contribution in [0.25, 0.3) is 0 Å². The zero-order valence-corrected chi connectivity index (χ0v) is 10.5. The molecule has 0 aliphatic heterocycles. The first-order valence-corrected chi connectivity index (χ1v) is 5.95. The fourth-order valence-corrected chi connectivity index (χ4v) is 1.60. The molecule has 0 saturated heterocycles. The Bertz CT molecular complexity index is 423. The van der Waals surface area contributed by atoms with E-state index in [4.69, 9.17) is 5.73 Å². The summed E-state index contributed by atoms with van der Waals surface area (Å²) >= 11 is 0. The highest BCUT2D eigenvalue weighted by Gasteiger charge is 2.19. The van der Waals surface area contributed by atoms with Crippen molar-refractivity contribution in [3.8, 4) is 0 Å². The van der Waals surface area contributed by atoms with Crippen LogP contribution in [0.3, 0.4) is 0 Å². The molecule has 1 aromatic carbocycles. The molecule has 0 saturated carbocycles. The van der Waals surface area contributed by atoms with Gasteiger partial charge in [0.25, 0.3) is 0 Å². The maximum Gasteiger partial charge on any atom is 0.224 e. The average molecular weight is 256 g/mol. The van der Waals surface area contributed by atoms with Gasteiger partial charge >= 0.3 is 0 Å². The van der Waals surface area contributed by atoms with Crippen molar-refractivity contribution in [2.75, 3.05) is 6.54 Å². The minimum absolute atomic E-state index is 0.162. The number of hydrogen-bond donors (Lipinski definition) is 2. The van der Waals surface area contributed by atoms with E-state index < -0.39 is 17.7 Å². The number of rotatable bonds is 5. The minimum Gasteiger partial charge on any atom is -0.349 e. The number of carbonyl (C=O) groups is 1. The Morgan fingerprint density at radius 2 is 2.11 bits per heavy atom. The molecule has 1 rings (SSSR count). The highest BCUT2D eigenvalue weighted by Crippen LogP contribution is 2.21. The SMILES string of the molecule is CCC(NC(=O)C(C)CN)c1cc(F)ccc1F. The van der Waals surface area contributed by atoms with Crippen molar-refractivity contribution in [2.45, 2.75) is 26.3 Å². The lowest BCUT2D eigenvalue weighted by Gasteiger charge is -2.20. The maximum atomic E-state index is 13.6. The molecule has 0 aliphatic rings. The first kappa shape index (κ1) is 14.6. The van der Waals surface area contributed by atoms with E-state index in [9.17, 15) is 13.6 Å². The molecular formula is C13H18F2N2O. The zero-order valence-electron chi connectivity index (χ0n) is 10.5. The third-order valence-electron chi connectivity index (χ3n) is 2.86. The molecule has 1 aromatic rings. The van der Waals surface area contributed by atoms with E-state index in [1.54, 1.807) is 13.8 Å². The lowest BCUT2D eigenvalue weighted by atomic mass is 10.0. The van der Waals surface area contributed by atoms with Crippen LogP contribution in [0.15, 0.2) is 18.2 Å². The molecule has 18 heavy (non-hydrogen) atoms. The molecule has 0 aromatic heterocycles. The molecule has 3 nitrogen and oxygen atoms in total. The summed E-state index contributed by atoms with van der Waals surface area (Å²) in [5.41, 5.74) is 5.55. The van der Waals surface area contributed by atoms with Crippen LogP contribution in [0.4, 0.5) is 8.78 Å². The molecule has 0 radical (unpaired) electrons. The molecule has 0 fully saturated rings. The number of carbonyl (C=O) groups excluding carboxylic acids is 1. The summed E-state index contributed by atoms with van der Waals surface area (Å²) < 4.78 is 26.7. The van der Waals surface area contributed by atoms with Crippen molar-refractivity contribution in [3.05, 3.63) is 35.4 Å². The largest absolute Gasteiger partial charge is 0.349 e. The molecular weight excluding hydrogens is 238 g/mol. The first-order chi connectivity index (χ1) is 8.49. The Morgan fingerprint density at radius 3 is 2.67 bits per heavy atom. The van der Waals surface area contributed by atoms with Crippen molar-refractivity contribution < 1.29 is 13.6 Å². The van der Waals surface area contributed by atoms with Gasteiger partial charge in [0.15, 0.2) is 0 Å². The molecule has 5 heteroatoms. The molecule has 2 unspecified atom stereocenters. The van der Waals surface area contributed by atoms with Gasteiger partial charge in [0.1, 0.15) is 11.6 Å². The number of amides is 1. The molecule has 0 heterocycles. The molecule has 2 atom stereocenters. The van der Waals surface area contributed by atoms with Gasteiger partial charge in [0, 0.05) is 18.0 Å². The van der Waals surface area contributed by atoms with E-state index in [1.807, 2.05) is 0 Å². The van der Waals surface area contributed by atoms with E-state index in [0.717, 1.165) is 18.2 Å². The van der Waals surface area contributed by atoms with E-state index >= 15 is 0 Å². The molecule has 0 spiro atoms. The van der Waals surface area contributed by atoms with Crippen molar-refractivity contribution in [1.82, 2.24) is 5.32 Å². The fourth-order valence-electron chi connectivity index (χ4n) is 1.60. The average Bonchev–Trinajstić information content (AvgIpc) is 2.37. The number of benzene rings is 1. The summed E-state index contributed by atoms with van der Waals surface area (Å²) in [6.07, 6.45) is 0.476. The fraction of sp³-hybridized carbons (Fsp3) is 0.462. The summed E-state index contributed by atoms with van der Waals surface area (Å²) in [4.78, 5) is 11.7. The summed E-state index contributed by atoms with van der Waals surface area (Å²) in [5.74, 6) is -1.65. The highest BCUT2D eigenvalue weighted by molar-refractivity contribution is 5.78. The van der Waals surface area contributed by atoms with Crippen LogP contribution in [0.5, 0.6) is 0 Å². The summed E-state index contributed by atoms with van der Waals surface area (Å²) in [5, 5.41) is 2.68. The van der Waals surface area contributed by atoms with E-state index in [0.29, 0.717) is 6.42 Å². The van der Waals surface area contributed by atoms with Crippen LogP contribution < -0.4 is 11.1 Å². The number of nitrogens with two attached hydrogens (primary N) is 1. The van der Waals surface area contributed by atoms with Gasteiger partial charge < -0.3 is 11.1 Å². The number of hydrogen-bond acceptors (Lipinski definition) is 2. The second-order valence-electron chi connectivity index (χ2n) is 4.27. The van der Waals surface area contributed by atoms with Crippen LogP contribution in [0.2, 0.25) is 0 Å². The van der Waals surface area contributed by atoms with Crippen LogP contribution in [0, 0.1) is 17.6 Å². The molecule has 0 aliphatic carbocycles. The summed E-state index contributed by atoms with van der Waals surface area (Å²) in [6, 6.07) is 2.68. The number of halogens is 2. The van der Waals surface area contributed by atoms with E-state index in [-0.39, 0.29) is 23.9 Å². The van der Waals surface area contributed by atoms with Gasteiger partial charge in [0.2, 0.25) is 5.91 Å². The lowest BCUT2D eigenvalue weighted by Crippen LogP contribution is -2.36. The topological polar surface area (TPSA) is 55.1 Å². The van der Waals surface area contributed by atoms with Crippen molar-refractivity contribution >= 4 is 5.91 Å². The predicted molar refractivity (Wildman–Crippen MR) is 65.8 cm³/mol. The normalized spacial score (nSPS) is 14.1. The minimum atomic E-state index is -0.540. The van der Waals surface area contributed by atoms with Gasteiger partial charge in [-0.1, -0.05) is 13.8 Å². The highest BCUT2D eigenvalue weighted by atomic mass is 19.1. The van der Waals surface area contributed by atoms with Gasteiger partial charge in [-0.25, -0.2) is 8.78 Å². The van der Waals surface area contributed by atoms with E-state index in [2.05, 4.69) is 5.32 Å². The van der Waals surface area contributed by atoms with Crippen LogP contribution in [-0.2, 0) is 4.79 Å². The summed E-state index contributed by atoms with van der Waals surface area (Å²) in [7, 11) is 0. The Kier molecular flexibility index (Phi) is 5.22. The van der Waals surface area contributed by atoms with E-state index in [1.165, 1.54) is 0 Å². The molecule has 3 N–H and O–H groups in total. The second kappa shape index (κ2) is 6.44. The van der Waals surface area contributed by atoms with Crippen LogP contribution in [-0.4, -0.2) is 12.5 Å². The van der Waals surface area contributed by atoms with Gasteiger partial charge in [-0.3, -0.25) is 4.79 Å². The van der Waals surface area contributed by atoms with Crippen LogP contribution in [0.1, 0.15) is 31.9 Å². The first-order valence-electron chi connectivity index (χ1n) is 5.95. The summed E-state index contributed by atoms with van der Waals surface area (Å²) in [6.45, 7) is 3.69. The monoisotopic (exact) mass is 256 g/mol. The molecule has 0 bridgehead atoms. The van der Waals surface area contributed by atoms with Crippen molar-refractivity contribution in [2.24, 2.45) is 11.7 Å². The lowest BCUT2D eigenvalue weighted by molar-refractivity contribution is -0.125. The third-order valence-corrected chi connectivity index (χ3v) is 2.86. The van der Waals surface area contributed by atoms with Crippen molar-refractivity contribution in [3.63, 3.8) is 0 Å². The predicted octanol–water partition coefficient (Wildman–Crippen LogP) is 2.13. The molecule has 1 amide bonds. The Labute approximate surface area is 105 Å². The smallest absolute Gasteiger partial charge is 0.224 e. The van der Waals surface area contributed by atoms with Gasteiger partial charge in [-0.05, 0) is 24.6 Å². The van der Waals surface area contributed by atoms with Gasteiger partial charge in [-0.15, -0.1) is 0 Å². The third kappa shape index (κ3) is 3.50. The van der Waals surface area contributed by atoms with Gasteiger partial charge in [-0.2, -0.15) is 0 Å². The van der Waals surface area contributed by atoms with Gasteiger partial charge in [0.05, 0.1) is 6.04 Å².